The number of ether oxygens (including phenoxy) is 1. The highest BCUT2D eigenvalue weighted by Gasteiger charge is 2.16. The molecule has 2 aromatic rings. The minimum Gasteiger partial charge on any atom is -0.472 e. The van der Waals surface area contributed by atoms with E-state index >= 15 is 0 Å². The van der Waals surface area contributed by atoms with Gasteiger partial charge in [-0.3, -0.25) is 0 Å². The van der Waals surface area contributed by atoms with Gasteiger partial charge in [-0.15, -0.1) is 11.6 Å². The van der Waals surface area contributed by atoms with Crippen molar-refractivity contribution in [3.8, 4) is 5.88 Å². The quantitative estimate of drug-likeness (QED) is 0.746. The summed E-state index contributed by atoms with van der Waals surface area (Å²) in [6.07, 6.45) is 0. The molecular formula is C14H16ClNO. The van der Waals surface area contributed by atoms with Crippen molar-refractivity contribution in [3.63, 3.8) is 0 Å². The molecule has 1 aromatic heterocycles. The number of fused-ring (bicyclic) bond motifs is 1. The third-order valence-electron chi connectivity index (χ3n) is 2.31. The van der Waals surface area contributed by atoms with Crippen molar-refractivity contribution >= 4 is 22.5 Å². The molecule has 0 radical (unpaired) electrons. The molecule has 0 fully saturated rings. The van der Waals surface area contributed by atoms with E-state index in [1.807, 2.05) is 51.1 Å². The predicted molar refractivity (Wildman–Crippen MR) is 71.7 cm³/mol. The Kier molecular flexibility index (Phi) is 3.25. The van der Waals surface area contributed by atoms with Crippen LogP contribution < -0.4 is 4.74 Å². The summed E-state index contributed by atoms with van der Waals surface area (Å²) in [4.78, 5) is 4.52. The van der Waals surface area contributed by atoms with E-state index in [0.717, 1.165) is 16.5 Å². The summed E-state index contributed by atoms with van der Waals surface area (Å²) in [6.45, 7) is 6.01. The molecule has 0 aliphatic rings. The maximum atomic E-state index is 5.94. The Morgan fingerprint density at radius 3 is 2.59 bits per heavy atom. The summed E-state index contributed by atoms with van der Waals surface area (Å²) in [6, 6.07) is 10.0. The van der Waals surface area contributed by atoms with Crippen molar-refractivity contribution in [2.45, 2.75) is 32.3 Å². The van der Waals surface area contributed by atoms with Gasteiger partial charge >= 0.3 is 0 Å². The number of aromatic nitrogens is 1. The predicted octanol–water partition coefficient (Wildman–Crippen LogP) is 4.15. The van der Waals surface area contributed by atoms with Crippen molar-refractivity contribution < 1.29 is 4.74 Å². The van der Waals surface area contributed by atoms with E-state index in [0.29, 0.717) is 11.8 Å². The van der Waals surface area contributed by atoms with Crippen molar-refractivity contribution in [3.05, 3.63) is 35.9 Å². The molecule has 2 rings (SSSR count). The fraction of sp³-hybridized carbons (Fsp3) is 0.357. The highest BCUT2D eigenvalue weighted by Crippen LogP contribution is 2.26. The summed E-state index contributed by atoms with van der Waals surface area (Å²) in [5.41, 5.74) is 1.59. The average Bonchev–Trinajstić information content (AvgIpc) is 2.26. The number of halogens is 1. The van der Waals surface area contributed by atoms with Gasteiger partial charge in [0.2, 0.25) is 5.88 Å². The van der Waals surface area contributed by atoms with Gasteiger partial charge < -0.3 is 4.74 Å². The van der Waals surface area contributed by atoms with Gasteiger partial charge in [-0.1, -0.05) is 18.2 Å². The first-order valence-corrected chi connectivity index (χ1v) is 6.17. The molecule has 0 spiro atoms. The molecule has 0 unspecified atom stereocenters. The minimum atomic E-state index is -0.268. The van der Waals surface area contributed by atoms with Crippen LogP contribution in [0.15, 0.2) is 30.3 Å². The monoisotopic (exact) mass is 249 g/mol. The Hall–Kier alpha value is -1.28. The first-order valence-electron chi connectivity index (χ1n) is 5.63. The van der Waals surface area contributed by atoms with Crippen LogP contribution in [0, 0.1) is 0 Å². The van der Waals surface area contributed by atoms with Gasteiger partial charge in [0, 0.05) is 10.9 Å². The maximum Gasteiger partial charge on any atom is 0.218 e. The van der Waals surface area contributed by atoms with Crippen LogP contribution >= 0.6 is 11.6 Å². The Labute approximate surface area is 107 Å². The standard InChI is InChI=1S/C14H16ClNO/c1-14(2,3)17-13-11(9-15)8-10-6-4-5-7-12(10)16-13/h4-8H,9H2,1-3H3. The number of pyridine rings is 1. The molecule has 0 amide bonds. The second-order valence-corrected chi connectivity index (χ2v) is 5.26. The first kappa shape index (κ1) is 12.2. The summed E-state index contributed by atoms with van der Waals surface area (Å²) in [7, 11) is 0. The molecule has 0 saturated carbocycles. The second-order valence-electron chi connectivity index (χ2n) is 4.99. The number of para-hydroxylation sites is 1. The van der Waals surface area contributed by atoms with Crippen LogP contribution in [0.5, 0.6) is 5.88 Å². The highest BCUT2D eigenvalue weighted by molar-refractivity contribution is 6.17. The van der Waals surface area contributed by atoms with Crippen LogP contribution in [0.3, 0.4) is 0 Å². The van der Waals surface area contributed by atoms with E-state index in [1.165, 1.54) is 0 Å². The normalized spacial score (nSPS) is 11.8. The molecule has 1 aromatic carbocycles. The summed E-state index contributed by atoms with van der Waals surface area (Å²) < 4.78 is 5.84. The lowest BCUT2D eigenvalue weighted by atomic mass is 10.1. The fourth-order valence-electron chi connectivity index (χ4n) is 1.62. The van der Waals surface area contributed by atoms with Crippen molar-refractivity contribution in [2.24, 2.45) is 0 Å². The zero-order valence-electron chi connectivity index (χ0n) is 10.3. The molecule has 0 N–H and O–H groups in total. The fourth-order valence-corrected chi connectivity index (χ4v) is 1.81. The van der Waals surface area contributed by atoms with E-state index in [4.69, 9.17) is 16.3 Å². The lowest BCUT2D eigenvalue weighted by Crippen LogP contribution is -2.24. The lowest BCUT2D eigenvalue weighted by Gasteiger charge is -2.22. The molecule has 0 atom stereocenters. The molecule has 0 saturated heterocycles. The maximum absolute atomic E-state index is 5.94. The summed E-state index contributed by atoms with van der Waals surface area (Å²) >= 11 is 5.94. The molecule has 90 valence electrons. The molecule has 0 aliphatic heterocycles. The number of hydrogen-bond acceptors (Lipinski definition) is 2. The topological polar surface area (TPSA) is 22.1 Å². The van der Waals surface area contributed by atoms with E-state index in [1.54, 1.807) is 0 Å². The van der Waals surface area contributed by atoms with Crippen LogP contribution in [0.1, 0.15) is 26.3 Å². The molecule has 1 heterocycles. The number of alkyl halides is 1. The molecular weight excluding hydrogens is 234 g/mol. The van der Waals surface area contributed by atoms with E-state index in [9.17, 15) is 0 Å². The SMILES string of the molecule is CC(C)(C)Oc1nc2ccccc2cc1CCl. The van der Waals surface area contributed by atoms with E-state index in [2.05, 4.69) is 4.98 Å². The van der Waals surface area contributed by atoms with Gasteiger partial charge in [-0.2, -0.15) is 0 Å². The van der Waals surface area contributed by atoms with Gasteiger partial charge in [0.25, 0.3) is 0 Å². The summed E-state index contributed by atoms with van der Waals surface area (Å²) in [5.74, 6) is 1.04. The largest absolute Gasteiger partial charge is 0.472 e. The molecule has 17 heavy (non-hydrogen) atoms. The van der Waals surface area contributed by atoms with Gasteiger partial charge in [0.15, 0.2) is 0 Å². The first-order chi connectivity index (χ1) is 7.99. The van der Waals surface area contributed by atoms with Gasteiger partial charge in [0.05, 0.1) is 11.4 Å². The van der Waals surface area contributed by atoms with Crippen LogP contribution in [0.4, 0.5) is 0 Å². The van der Waals surface area contributed by atoms with Crippen molar-refractivity contribution in [1.29, 1.82) is 0 Å². The second kappa shape index (κ2) is 4.53. The number of benzene rings is 1. The minimum absolute atomic E-state index is 0.268. The summed E-state index contributed by atoms with van der Waals surface area (Å²) in [5, 5.41) is 1.09. The third-order valence-corrected chi connectivity index (χ3v) is 2.60. The van der Waals surface area contributed by atoms with Gasteiger partial charge in [-0.25, -0.2) is 4.98 Å². The number of nitrogens with zero attached hydrogens (tertiary/aromatic N) is 1. The van der Waals surface area contributed by atoms with Crippen LogP contribution in [-0.2, 0) is 5.88 Å². The number of hydrogen-bond donors (Lipinski definition) is 0. The molecule has 0 aliphatic carbocycles. The van der Waals surface area contributed by atoms with E-state index < -0.39 is 0 Å². The van der Waals surface area contributed by atoms with E-state index in [-0.39, 0.29) is 5.60 Å². The Morgan fingerprint density at radius 2 is 1.94 bits per heavy atom. The molecule has 0 bridgehead atoms. The molecule has 3 heteroatoms. The zero-order chi connectivity index (χ0) is 12.5. The van der Waals surface area contributed by atoms with Crippen molar-refractivity contribution in [1.82, 2.24) is 4.98 Å². The van der Waals surface area contributed by atoms with Crippen LogP contribution in [0.2, 0.25) is 0 Å². The van der Waals surface area contributed by atoms with Gasteiger partial charge in [0.1, 0.15) is 5.60 Å². The van der Waals surface area contributed by atoms with Crippen molar-refractivity contribution in [2.75, 3.05) is 0 Å². The smallest absolute Gasteiger partial charge is 0.218 e. The van der Waals surface area contributed by atoms with Gasteiger partial charge in [-0.05, 0) is 32.9 Å². The Bertz CT molecular complexity index is 531. The number of rotatable bonds is 2. The Balaban J connectivity index is 2.53. The zero-order valence-corrected chi connectivity index (χ0v) is 11.1. The van der Waals surface area contributed by atoms with Crippen LogP contribution in [0.25, 0.3) is 10.9 Å². The highest BCUT2D eigenvalue weighted by atomic mass is 35.5. The third kappa shape index (κ3) is 2.89. The van der Waals surface area contributed by atoms with Crippen LogP contribution in [-0.4, -0.2) is 10.6 Å². The average molecular weight is 250 g/mol. The Morgan fingerprint density at radius 1 is 1.24 bits per heavy atom. The molecule has 2 nitrogen and oxygen atoms in total. The lowest BCUT2D eigenvalue weighted by molar-refractivity contribution is 0.123.